The number of benzene rings is 2. The number of aryl methyl sites for hydroxylation is 1. The van der Waals surface area contributed by atoms with E-state index in [1.165, 1.54) is 0 Å². The molecule has 2 N–H and O–H groups in total. The van der Waals surface area contributed by atoms with Crippen LogP contribution in [0.5, 0.6) is 0 Å². The van der Waals surface area contributed by atoms with Gasteiger partial charge in [0.05, 0.1) is 0 Å². The van der Waals surface area contributed by atoms with Crippen LogP contribution in [0.25, 0.3) is 0 Å². The molecule has 2 aromatic rings. The molecule has 4 heteroatoms. The number of anilines is 2. The monoisotopic (exact) mass is 318 g/mol. The van der Waals surface area contributed by atoms with Crippen molar-refractivity contribution in [3.63, 3.8) is 0 Å². The van der Waals surface area contributed by atoms with Crippen LogP contribution in [0.2, 0.25) is 0 Å². The van der Waals surface area contributed by atoms with Crippen molar-refractivity contribution in [2.24, 2.45) is 0 Å². The van der Waals surface area contributed by atoms with Gasteiger partial charge in [-0.2, -0.15) is 0 Å². The van der Waals surface area contributed by atoms with Gasteiger partial charge in [0, 0.05) is 28.5 Å². The van der Waals surface area contributed by atoms with Crippen molar-refractivity contribution in [1.29, 1.82) is 0 Å². The summed E-state index contributed by atoms with van der Waals surface area (Å²) >= 11 is 3.34. The molecule has 0 aliphatic heterocycles. The maximum absolute atomic E-state index is 12.4. The van der Waals surface area contributed by atoms with Crippen LogP contribution >= 0.6 is 15.9 Å². The summed E-state index contributed by atoms with van der Waals surface area (Å²) in [5, 5.41) is 0. The lowest BCUT2D eigenvalue weighted by molar-refractivity contribution is 0.0993. The lowest BCUT2D eigenvalue weighted by atomic mass is 10.1. The molecule has 0 heterocycles. The molecular weight excluding hydrogens is 304 g/mol. The number of halogens is 1. The number of carbonyl (C=O) groups excluding carboxylic acids is 1. The van der Waals surface area contributed by atoms with Gasteiger partial charge in [-0.25, -0.2) is 0 Å². The van der Waals surface area contributed by atoms with Crippen molar-refractivity contribution < 1.29 is 4.79 Å². The molecule has 0 radical (unpaired) electrons. The molecule has 3 nitrogen and oxygen atoms in total. The van der Waals surface area contributed by atoms with Gasteiger partial charge in [-0.3, -0.25) is 4.79 Å². The highest BCUT2D eigenvalue weighted by molar-refractivity contribution is 9.10. The van der Waals surface area contributed by atoms with Crippen LogP contribution in [0.3, 0.4) is 0 Å². The Bertz CT molecular complexity index is 625. The number of carbonyl (C=O) groups is 1. The molecule has 0 aromatic heterocycles. The molecule has 98 valence electrons. The predicted octanol–water partition coefficient (Wildman–Crippen LogP) is 3.62. The SMILES string of the molecule is Cc1cccc(N(C)C(=O)c2ccc(N)c(Br)c2)c1. The van der Waals surface area contributed by atoms with Gasteiger partial charge in [-0.15, -0.1) is 0 Å². The van der Waals surface area contributed by atoms with Gasteiger partial charge in [-0.05, 0) is 58.7 Å². The third kappa shape index (κ3) is 2.96. The number of nitrogens with two attached hydrogens (primary N) is 1. The number of hydrogen-bond donors (Lipinski definition) is 1. The fourth-order valence-corrected chi connectivity index (χ4v) is 2.19. The van der Waals surface area contributed by atoms with Crippen LogP contribution in [-0.4, -0.2) is 13.0 Å². The summed E-state index contributed by atoms with van der Waals surface area (Å²) in [6.45, 7) is 2.00. The van der Waals surface area contributed by atoms with E-state index in [-0.39, 0.29) is 5.91 Å². The van der Waals surface area contributed by atoms with E-state index in [0.29, 0.717) is 11.3 Å². The van der Waals surface area contributed by atoms with Crippen molar-refractivity contribution in [1.82, 2.24) is 0 Å². The number of rotatable bonds is 2. The first-order chi connectivity index (χ1) is 8.99. The summed E-state index contributed by atoms with van der Waals surface area (Å²) in [6, 6.07) is 13.0. The summed E-state index contributed by atoms with van der Waals surface area (Å²) in [5.41, 5.74) is 8.94. The van der Waals surface area contributed by atoms with Gasteiger partial charge in [0.25, 0.3) is 5.91 Å². The molecule has 0 atom stereocenters. The number of nitrogen functional groups attached to an aromatic ring is 1. The van der Waals surface area contributed by atoms with E-state index in [9.17, 15) is 4.79 Å². The van der Waals surface area contributed by atoms with Gasteiger partial charge in [0.1, 0.15) is 0 Å². The Hall–Kier alpha value is -1.81. The van der Waals surface area contributed by atoms with E-state index < -0.39 is 0 Å². The first kappa shape index (κ1) is 13.6. The summed E-state index contributed by atoms with van der Waals surface area (Å²) < 4.78 is 0.732. The van der Waals surface area contributed by atoms with Crippen molar-refractivity contribution in [3.8, 4) is 0 Å². The maximum Gasteiger partial charge on any atom is 0.258 e. The van der Waals surface area contributed by atoms with Crippen LogP contribution in [0, 0.1) is 6.92 Å². The molecule has 0 aliphatic rings. The number of hydrogen-bond acceptors (Lipinski definition) is 2. The zero-order valence-corrected chi connectivity index (χ0v) is 12.4. The Morgan fingerprint density at radius 3 is 2.58 bits per heavy atom. The first-order valence-corrected chi connectivity index (χ1v) is 6.68. The lowest BCUT2D eigenvalue weighted by Gasteiger charge is -2.18. The van der Waals surface area contributed by atoms with Gasteiger partial charge in [-0.1, -0.05) is 12.1 Å². The Morgan fingerprint density at radius 2 is 1.95 bits per heavy atom. The predicted molar refractivity (Wildman–Crippen MR) is 82.5 cm³/mol. The fraction of sp³-hybridized carbons (Fsp3) is 0.133. The van der Waals surface area contributed by atoms with E-state index in [1.807, 2.05) is 31.2 Å². The number of amides is 1. The van der Waals surface area contributed by atoms with Crippen molar-refractivity contribution in [2.45, 2.75) is 6.92 Å². The van der Waals surface area contributed by atoms with Gasteiger partial charge in [0.2, 0.25) is 0 Å². The molecule has 2 rings (SSSR count). The summed E-state index contributed by atoms with van der Waals surface area (Å²) in [5.74, 6) is -0.0636. The second-order valence-electron chi connectivity index (χ2n) is 4.44. The van der Waals surface area contributed by atoms with Gasteiger partial charge >= 0.3 is 0 Å². The molecule has 0 aliphatic carbocycles. The van der Waals surface area contributed by atoms with E-state index in [2.05, 4.69) is 15.9 Å². The molecule has 0 saturated carbocycles. The van der Waals surface area contributed by atoms with E-state index in [4.69, 9.17) is 5.73 Å². The minimum absolute atomic E-state index is 0.0636. The molecule has 0 unspecified atom stereocenters. The molecule has 0 spiro atoms. The molecule has 0 saturated heterocycles. The van der Waals surface area contributed by atoms with Crippen molar-refractivity contribution in [3.05, 3.63) is 58.1 Å². The van der Waals surface area contributed by atoms with Crippen molar-refractivity contribution >= 4 is 33.2 Å². The Morgan fingerprint density at radius 1 is 1.21 bits per heavy atom. The van der Waals surface area contributed by atoms with Gasteiger partial charge < -0.3 is 10.6 Å². The third-order valence-electron chi connectivity index (χ3n) is 2.94. The van der Waals surface area contributed by atoms with Crippen molar-refractivity contribution in [2.75, 3.05) is 17.7 Å². The standard InChI is InChI=1S/C15H15BrN2O/c1-10-4-3-5-12(8-10)18(2)15(19)11-6-7-14(17)13(16)9-11/h3-9H,17H2,1-2H3. The van der Waals surface area contributed by atoms with Crippen LogP contribution in [0.15, 0.2) is 46.9 Å². The summed E-state index contributed by atoms with van der Waals surface area (Å²) in [7, 11) is 1.77. The van der Waals surface area contributed by atoms with E-state index >= 15 is 0 Å². The second kappa shape index (κ2) is 5.45. The Kier molecular flexibility index (Phi) is 3.90. The highest BCUT2D eigenvalue weighted by Gasteiger charge is 2.14. The van der Waals surface area contributed by atoms with Crippen LogP contribution in [-0.2, 0) is 0 Å². The highest BCUT2D eigenvalue weighted by Crippen LogP contribution is 2.23. The second-order valence-corrected chi connectivity index (χ2v) is 5.29. The Labute approximate surface area is 121 Å². The fourth-order valence-electron chi connectivity index (χ4n) is 1.81. The molecule has 19 heavy (non-hydrogen) atoms. The van der Waals surface area contributed by atoms with Gasteiger partial charge in [0.15, 0.2) is 0 Å². The van der Waals surface area contributed by atoms with Crippen LogP contribution < -0.4 is 10.6 Å². The molecule has 1 amide bonds. The first-order valence-electron chi connectivity index (χ1n) is 5.89. The minimum Gasteiger partial charge on any atom is -0.398 e. The topological polar surface area (TPSA) is 46.3 Å². The zero-order valence-electron chi connectivity index (χ0n) is 10.9. The molecular formula is C15H15BrN2O. The van der Waals surface area contributed by atoms with E-state index in [1.54, 1.807) is 30.1 Å². The van der Waals surface area contributed by atoms with E-state index in [0.717, 1.165) is 15.7 Å². The molecule has 2 aromatic carbocycles. The maximum atomic E-state index is 12.4. The normalized spacial score (nSPS) is 10.3. The quantitative estimate of drug-likeness (QED) is 0.860. The van der Waals surface area contributed by atoms with Crippen LogP contribution in [0.1, 0.15) is 15.9 Å². The lowest BCUT2D eigenvalue weighted by Crippen LogP contribution is -2.26. The Balaban J connectivity index is 2.30. The smallest absolute Gasteiger partial charge is 0.258 e. The molecule has 0 fully saturated rings. The summed E-state index contributed by atoms with van der Waals surface area (Å²) in [6.07, 6.45) is 0. The summed E-state index contributed by atoms with van der Waals surface area (Å²) in [4.78, 5) is 14.0. The van der Waals surface area contributed by atoms with Crippen LogP contribution in [0.4, 0.5) is 11.4 Å². The average molecular weight is 319 g/mol. The minimum atomic E-state index is -0.0636. The zero-order chi connectivity index (χ0) is 14.0. The molecule has 0 bridgehead atoms. The highest BCUT2D eigenvalue weighted by atomic mass is 79.9. The number of nitrogens with zero attached hydrogens (tertiary/aromatic N) is 1. The largest absolute Gasteiger partial charge is 0.398 e. The third-order valence-corrected chi connectivity index (χ3v) is 3.63. The average Bonchev–Trinajstić information content (AvgIpc) is 2.40.